The van der Waals surface area contributed by atoms with Crippen molar-refractivity contribution in [1.82, 2.24) is 4.98 Å². The Balaban J connectivity index is 2.08. The van der Waals surface area contributed by atoms with Crippen LogP contribution < -0.4 is 5.32 Å². The van der Waals surface area contributed by atoms with E-state index in [0.717, 1.165) is 16.9 Å². The van der Waals surface area contributed by atoms with Crippen LogP contribution in [0.15, 0.2) is 60.8 Å². The first kappa shape index (κ1) is 10.8. The molecule has 2 aromatic carbocycles. The fourth-order valence-electron chi connectivity index (χ4n) is 2.06. The standard InChI is InChI=1S/C16H14N2/c1-12-6-2-5-9-15(12)18-16-14-8-4-3-7-13(14)10-11-17-16/h2-11H,1H3,(H,17,18). The Labute approximate surface area is 106 Å². The Morgan fingerprint density at radius 1 is 0.889 bits per heavy atom. The Hall–Kier alpha value is -2.35. The van der Waals surface area contributed by atoms with Gasteiger partial charge in [-0.2, -0.15) is 0 Å². The monoisotopic (exact) mass is 234 g/mol. The maximum absolute atomic E-state index is 4.43. The van der Waals surface area contributed by atoms with Crippen molar-refractivity contribution >= 4 is 22.3 Å². The smallest absolute Gasteiger partial charge is 0.138 e. The van der Waals surface area contributed by atoms with Gasteiger partial charge in [0.1, 0.15) is 5.82 Å². The molecule has 3 rings (SSSR count). The topological polar surface area (TPSA) is 24.9 Å². The molecular weight excluding hydrogens is 220 g/mol. The highest BCUT2D eigenvalue weighted by Crippen LogP contribution is 2.25. The van der Waals surface area contributed by atoms with E-state index in [1.807, 2.05) is 36.5 Å². The number of hydrogen-bond donors (Lipinski definition) is 1. The van der Waals surface area contributed by atoms with Gasteiger partial charge in [-0.3, -0.25) is 0 Å². The Kier molecular flexibility index (Phi) is 2.69. The van der Waals surface area contributed by atoms with Gasteiger partial charge in [-0.1, -0.05) is 42.5 Å². The summed E-state index contributed by atoms with van der Waals surface area (Å²) < 4.78 is 0. The molecule has 0 saturated heterocycles. The highest BCUT2D eigenvalue weighted by Gasteiger charge is 2.03. The largest absolute Gasteiger partial charge is 0.340 e. The Bertz CT molecular complexity index is 684. The first-order valence-corrected chi connectivity index (χ1v) is 6.01. The number of benzene rings is 2. The van der Waals surface area contributed by atoms with E-state index in [4.69, 9.17) is 0 Å². The van der Waals surface area contributed by atoms with Gasteiger partial charge in [0.15, 0.2) is 0 Å². The van der Waals surface area contributed by atoms with Crippen LogP contribution in [-0.4, -0.2) is 4.98 Å². The molecule has 0 amide bonds. The summed E-state index contributed by atoms with van der Waals surface area (Å²) >= 11 is 0. The SMILES string of the molecule is Cc1ccccc1Nc1nccc2ccccc12. The summed E-state index contributed by atoms with van der Waals surface area (Å²) in [5, 5.41) is 5.74. The lowest BCUT2D eigenvalue weighted by molar-refractivity contribution is 1.32. The number of nitrogens with zero attached hydrogens (tertiary/aromatic N) is 1. The van der Waals surface area contributed by atoms with Crippen molar-refractivity contribution in [2.24, 2.45) is 0 Å². The fraction of sp³-hybridized carbons (Fsp3) is 0.0625. The van der Waals surface area contributed by atoms with Gasteiger partial charge in [0.2, 0.25) is 0 Å². The summed E-state index contributed by atoms with van der Waals surface area (Å²) in [5.41, 5.74) is 2.31. The summed E-state index contributed by atoms with van der Waals surface area (Å²) in [4.78, 5) is 4.43. The van der Waals surface area contributed by atoms with Gasteiger partial charge in [-0.25, -0.2) is 4.98 Å². The van der Waals surface area contributed by atoms with Crippen LogP contribution in [0.4, 0.5) is 11.5 Å². The molecule has 0 unspecified atom stereocenters. The zero-order valence-corrected chi connectivity index (χ0v) is 10.2. The molecule has 0 saturated carbocycles. The number of para-hydroxylation sites is 1. The molecule has 0 bridgehead atoms. The van der Waals surface area contributed by atoms with Gasteiger partial charge in [0.05, 0.1) is 0 Å². The van der Waals surface area contributed by atoms with Crippen LogP contribution in [0.5, 0.6) is 0 Å². The molecule has 2 nitrogen and oxygen atoms in total. The molecule has 0 spiro atoms. The first-order valence-electron chi connectivity index (χ1n) is 6.01. The van der Waals surface area contributed by atoms with Crippen LogP contribution in [-0.2, 0) is 0 Å². The number of hydrogen-bond acceptors (Lipinski definition) is 2. The lowest BCUT2D eigenvalue weighted by atomic mass is 10.1. The molecule has 0 aliphatic rings. The molecule has 1 aromatic heterocycles. The molecule has 3 aromatic rings. The van der Waals surface area contributed by atoms with E-state index in [1.54, 1.807) is 0 Å². The molecule has 2 heteroatoms. The second-order valence-corrected chi connectivity index (χ2v) is 4.32. The van der Waals surface area contributed by atoms with E-state index in [1.165, 1.54) is 10.9 Å². The third-order valence-electron chi connectivity index (χ3n) is 3.07. The van der Waals surface area contributed by atoms with E-state index in [2.05, 4.69) is 41.5 Å². The van der Waals surface area contributed by atoms with E-state index in [9.17, 15) is 0 Å². The molecule has 0 fully saturated rings. The normalized spacial score (nSPS) is 10.5. The molecule has 1 heterocycles. The predicted octanol–water partition coefficient (Wildman–Crippen LogP) is 4.29. The van der Waals surface area contributed by atoms with Crippen LogP contribution in [0.2, 0.25) is 0 Å². The highest BCUT2D eigenvalue weighted by atomic mass is 15.0. The molecular formula is C16H14N2. The zero-order chi connectivity index (χ0) is 12.4. The maximum atomic E-state index is 4.43. The van der Waals surface area contributed by atoms with Gasteiger partial charge in [-0.05, 0) is 30.0 Å². The Morgan fingerprint density at radius 3 is 2.56 bits per heavy atom. The van der Waals surface area contributed by atoms with Crippen molar-refractivity contribution in [3.05, 3.63) is 66.4 Å². The highest BCUT2D eigenvalue weighted by molar-refractivity contribution is 5.93. The second-order valence-electron chi connectivity index (χ2n) is 4.32. The minimum absolute atomic E-state index is 0.905. The zero-order valence-electron chi connectivity index (χ0n) is 10.2. The number of pyridine rings is 1. The summed E-state index contributed by atoms with van der Waals surface area (Å²) in [6.07, 6.45) is 1.84. The Morgan fingerprint density at radius 2 is 1.67 bits per heavy atom. The van der Waals surface area contributed by atoms with Gasteiger partial charge in [-0.15, -0.1) is 0 Å². The van der Waals surface area contributed by atoms with Crippen molar-refractivity contribution in [3.63, 3.8) is 0 Å². The van der Waals surface area contributed by atoms with Crippen molar-refractivity contribution in [3.8, 4) is 0 Å². The minimum Gasteiger partial charge on any atom is -0.340 e. The fourth-order valence-corrected chi connectivity index (χ4v) is 2.06. The number of aryl methyl sites for hydroxylation is 1. The quantitative estimate of drug-likeness (QED) is 0.715. The van der Waals surface area contributed by atoms with Crippen LogP contribution in [0.3, 0.4) is 0 Å². The molecule has 0 radical (unpaired) electrons. The second kappa shape index (κ2) is 4.49. The van der Waals surface area contributed by atoms with E-state index >= 15 is 0 Å². The molecule has 18 heavy (non-hydrogen) atoms. The lowest BCUT2D eigenvalue weighted by Gasteiger charge is -2.10. The summed E-state index contributed by atoms with van der Waals surface area (Å²) in [6, 6.07) is 18.5. The third-order valence-corrected chi connectivity index (χ3v) is 3.07. The van der Waals surface area contributed by atoms with Crippen LogP contribution >= 0.6 is 0 Å². The molecule has 0 atom stereocenters. The molecule has 1 N–H and O–H groups in total. The lowest BCUT2D eigenvalue weighted by Crippen LogP contribution is -1.96. The van der Waals surface area contributed by atoms with Crippen molar-refractivity contribution in [2.75, 3.05) is 5.32 Å². The van der Waals surface area contributed by atoms with E-state index in [-0.39, 0.29) is 0 Å². The number of rotatable bonds is 2. The minimum atomic E-state index is 0.905. The van der Waals surface area contributed by atoms with Gasteiger partial charge >= 0.3 is 0 Å². The average Bonchev–Trinajstić information content (AvgIpc) is 2.42. The summed E-state index contributed by atoms with van der Waals surface area (Å²) in [7, 11) is 0. The average molecular weight is 234 g/mol. The molecule has 88 valence electrons. The van der Waals surface area contributed by atoms with Gasteiger partial charge in [0, 0.05) is 17.3 Å². The third kappa shape index (κ3) is 1.93. The van der Waals surface area contributed by atoms with E-state index < -0.39 is 0 Å². The van der Waals surface area contributed by atoms with Gasteiger partial charge < -0.3 is 5.32 Å². The first-order chi connectivity index (χ1) is 8.84. The number of fused-ring (bicyclic) bond motifs is 1. The van der Waals surface area contributed by atoms with Gasteiger partial charge in [0.25, 0.3) is 0 Å². The number of nitrogens with one attached hydrogen (secondary N) is 1. The van der Waals surface area contributed by atoms with Crippen molar-refractivity contribution in [2.45, 2.75) is 6.92 Å². The number of aromatic nitrogens is 1. The van der Waals surface area contributed by atoms with Crippen molar-refractivity contribution < 1.29 is 0 Å². The van der Waals surface area contributed by atoms with Crippen LogP contribution in [0.25, 0.3) is 10.8 Å². The van der Waals surface area contributed by atoms with Crippen LogP contribution in [0.1, 0.15) is 5.56 Å². The summed E-state index contributed by atoms with van der Waals surface area (Å²) in [5.74, 6) is 0.905. The van der Waals surface area contributed by atoms with Crippen molar-refractivity contribution in [1.29, 1.82) is 0 Å². The maximum Gasteiger partial charge on any atom is 0.138 e. The predicted molar refractivity (Wildman–Crippen MR) is 76.2 cm³/mol. The number of anilines is 2. The van der Waals surface area contributed by atoms with E-state index in [0.29, 0.717) is 0 Å². The summed E-state index contributed by atoms with van der Waals surface area (Å²) in [6.45, 7) is 2.09. The van der Waals surface area contributed by atoms with Crippen LogP contribution in [0, 0.1) is 6.92 Å². The molecule has 0 aliphatic heterocycles. The molecule has 0 aliphatic carbocycles.